The number of sulfonamides is 1. The largest absolute Gasteiger partial charge is 0.350 e. The van der Waals surface area contributed by atoms with Gasteiger partial charge in [0, 0.05) is 31.5 Å². The summed E-state index contributed by atoms with van der Waals surface area (Å²) in [6, 6.07) is 6.78. The van der Waals surface area contributed by atoms with Crippen molar-refractivity contribution in [2.75, 3.05) is 24.7 Å². The molecule has 1 aliphatic rings. The fraction of sp³-hybridized carbons (Fsp3) is 0.450. The summed E-state index contributed by atoms with van der Waals surface area (Å²) in [5.74, 6) is 0.254. The lowest BCUT2D eigenvalue weighted by atomic mass is 10.1. The summed E-state index contributed by atoms with van der Waals surface area (Å²) in [6.45, 7) is 5.08. The first-order chi connectivity index (χ1) is 15.1. The van der Waals surface area contributed by atoms with Crippen LogP contribution in [-0.4, -0.2) is 60.1 Å². The predicted octanol–water partition coefficient (Wildman–Crippen LogP) is 2.05. The highest BCUT2D eigenvalue weighted by Crippen LogP contribution is 2.26. The van der Waals surface area contributed by atoms with Crippen LogP contribution in [0.15, 0.2) is 40.5 Å². The van der Waals surface area contributed by atoms with Crippen LogP contribution in [0.2, 0.25) is 0 Å². The minimum Gasteiger partial charge on any atom is -0.350 e. The lowest BCUT2D eigenvalue weighted by Gasteiger charge is -2.18. The van der Waals surface area contributed by atoms with Gasteiger partial charge in [-0.2, -0.15) is 23.9 Å². The molecule has 0 bridgehead atoms. The van der Waals surface area contributed by atoms with Gasteiger partial charge in [0.15, 0.2) is 5.65 Å². The molecule has 0 spiro atoms. The van der Waals surface area contributed by atoms with Gasteiger partial charge in [0.25, 0.3) is 5.16 Å². The average molecular weight is 479 g/mol. The molecule has 12 heteroatoms. The first kappa shape index (κ1) is 22.6. The van der Waals surface area contributed by atoms with Gasteiger partial charge in [0.05, 0.1) is 11.1 Å². The number of benzene rings is 1. The third-order valence-corrected chi connectivity index (χ3v) is 8.27. The van der Waals surface area contributed by atoms with Crippen LogP contribution in [0.4, 0.5) is 5.95 Å². The normalized spacial score (nSPS) is 15.6. The summed E-state index contributed by atoms with van der Waals surface area (Å²) in [4.78, 5) is 8.60. The fourth-order valence-electron chi connectivity index (χ4n) is 3.71. The maximum atomic E-state index is 13.1. The predicted molar refractivity (Wildman–Crippen MR) is 120 cm³/mol. The van der Waals surface area contributed by atoms with Crippen molar-refractivity contribution in [1.29, 1.82) is 0 Å². The molecule has 0 atom stereocenters. The quantitative estimate of drug-likeness (QED) is 0.547. The van der Waals surface area contributed by atoms with Crippen LogP contribution in [0.25, 0.3) is 5.65 Å². The van der Waals surface area contributed by atoms with Gasteiger partial charge < -0.3 is 5.32 Å². The maximum Gasteiger partial charge on any atom is 0.252 e. The molecule has 0 saturated carbocycles. The van der Waals surface area contributed by atoms with E-state index in [1.165, 1.54) is 8.82 Å². The third-order valence-electron chi connectivity index (χ3n) is 5.42. The van der Waals surface area contributed by atoms with Crippen LogP contribution in [0, 0.1) is 0 Å². The number of nitrogens with zero attached hydrogens (tertiary/aromatic N) is 5. The van der Waals surface area contributed by atoms with E-state index in [-0.39, 0.29) is 28.5 Å². The van der Waals surface area contributed by atoms with E-state index in [0.717, 1.165) is 24.7 Å². The fourth-order valence-corrected chi connectivity index (χ4v) is 5.95. The standard InChI is InChI=1S/C20H26N6O4S2/c1-14(2)16-13-22-26-18(16)23-20(31(3,27)28)24-19(26)21-12-15-8-4-5-9-17(15)32(29,30)25-10-6-7-11-25/h4-5,8-9,13-14H,6-7,10-12H2,1-3H3,(H,21,23,24). The highest BCUT2D eigenvalue weighted by atomic mass is 32.2. The average Bonchev–Trinajstić information content (AvgIpc) is 3.41. The molecule has 0 aliphatic carbocycles. The van der Waals surface area contributed by atoms with Crippen LogP contribution in [0.5, 0.6) is 0 Å². The molecule has 1 aliphatic heterocycles. The molecule has 3 heterocycles. The summed E-state index contributed by atoms with van der Waals surface area (Å²) < 4.78 is 53.5. The van der Waals surface area contributed by atoms with E-state index in [0.29, 0.717) is 24.3 Å². The first-order valence-electron chi connectivity index (χ1n) is 10.4. The molecule has 1 aromatic carbocycles. The molecule has 1 fully saturated rings. The second-order valence-electron chi connectivity index (χ2n) is 8.16. The summed E-state index contributed by atoms with van der Waals surface area (Å²) in [5.41, 5.74) is 1.75. The number of anilines is 1. The van der Waals surface area contributed by atoms with Crippen molar-refractivity contribution in [3.05, 3.63) is 41.6 Å². The van der Waals surface area contributed by atoms with Crippen molar-refractivity contribution >= 4 is 31.5 Å². The minimum atomic E-state index is -3.67. The molecule has 3 aromatic rings. The van der Waals surface area contributed by atoms with E-state index in [2.05, 4.69) is 20.4 Å². The SMILES string of the molecule is CC(C)c1cnn2c(NCc3ccccc3S(=O)(=O)N3CCCC3)nc(S(C)(=O)=O)nc12. The Hall–Kier alpha value is -2.57. The summed E-state index contributed by atoms with van der Waals surface area (Å²) in [7, 11) is -7.28. The van der Waals surface area contributed by atoms with Crippen molar-refractivity contribution in [1.82, 2.24) is 23.9 Å². The molecule has 172 valence electrons. The molecule has 32 heavy (non-hydrogen) atoms. The van der Waals surface area contributed by atoms with Crippen LogP contribution in [-0.2, 0) is 26.4 Å². The van der Waals surface area contributed by atoms with E-state index in [4.69, 9.17) is 0 Å². The van der Waals surface area contributed by atoms with Crippen molar-refractivity contribution in [3.8, 4) is 0 Å². The van der Waals surface area contributed by atoms with Gasteiger partial charge in [-0.3, -0.25) is 0 Å². The molecule has 0 unspecified atom stereocenters. The zero-order valence-electron chi connectivity index (χ0n) is 18.2. The van der Waals surface area contributed by atoms with Crippen LogP contribution < -0.4 is 5.32 Å². The minimum absolute atomic E-state index is 0.0778. The van der Waals surface area contributed by atoms with E-state index in [9.17, 15) is 16.8 Å². The third kappa shape index (κ3) is 4.21. The molecule has 2 aromatic heterocycles. The van der Waals surface area contributed by atoms with Crippen LogP contribution in [0.3, 0.4) is 0 Å². The molecule has 0 radical (unpaired) electrons. The zero-order chi connectivity index (χ0) is 23.1. The summed E-state index contributed by atoms with van der Waals surface area (Å²) in [6.07, 6.45) is 4.39. The molecular weight excluding hydrogens is 452 g/mol. The highest BCUT2D eigenvalue weighted by Gasteiger charge is 2.29. The van der Waals surface area contributed by atoms with Gasteiger partial charge in [-0.1, -0.05) is 32.0 Å². The second kappa shape index (κ2) is 8.41. The molecular formula is C20H26N6O4S2. The Morgan fingerprint density at radius 1 is 1.06 bits per heavy atom. The lowest BCUT2D eigenvalue weighted by Crippen LogP contribution is -2.29. The number of fused-ring (bicyclic) bond motifs is 1. The second-order valence-corrected chi connectivity index (χ2v) is 12.0. The molecule has 1 saturated heterocycles. The topological polar surface area (TPSA) is 127 Å². The molecule has 10 nitrogen and oxygen atoms in total. The van der Waals surface area contributed by atoms with Gasteiger partial charge in [-0.15, -0.1) is 0 Å². The van der Waals surface area contributed by atoms with Crippen LogP contribution >= 0.6 is 0 Å². The van der Waals surface area contributed by atoms with Crippen molar-refractivity contribution in [3.63, 3.8) is 0 Å². The maximum absolute atomic E-state index is 13.1. The van der Waals surface area contributed by atoms with E-state index in [1.54, 1.807) is 30.5 Å². The summed E-state index contributed by atoms with van der Waals surface area (Å²) >= 11 is 0. The highest BCUT2D eigenvalue weighted by molar-refractivity contribution is 7.90. The molecule has 0 amide bonds. The van der Waals surface area contributed by atoms with Gasteiger partial charge in [0.2, 0.25) is 25.8 Å². The molecule has 4 rings (SSSR count). The Kier molecular flexibility index (Phi) is 5.94. The van der Waals surface area contributed by atoms with E-state index >= 15 is 0 Å². The Morgan fingerprint density at radius 2 is 1.75 bits per heavy atom. The number of hydrogen-bond donors (Lipinski definition) is 1. The van der Waals surface area contributed by atoms with Gasteiger partial charge in [-0.05, 0) is 30.4 Å². The van der Waals surface area contributed by atoms with Gasteiger partial charge in [0.1, 0.15) is 0 Å². The van der Waals surface area contributed by atoms with Crippen LogP contribution in [0.1, 0.15) is 43.7 Å². The van der Waals surface area contributed by atoms with E-state index < -0.39 is 19.9 Å². The van der Waals surface area contributed by atoms with Gasteiger partial charge in [-0.25, -0.2) is 16.8 Å². The Balaban J connectivity index is 1.73. The molecule has 1 N–H and O–H groups in total. The number of hydrogen-bond acceptors (Lipinski definition) is 8. The lowest BCUT2D eigenvalue weighted by molar-refractivity contribution is 0.476. The van der Waals surface area contributed by atoms with Crippen molar-refractivity contribution in [2.24, 2.45) is 0 Å². The van der Waals surface area contributed by atoms with Gasteiger partial charge >= 0.3 is 0 Å². The van der Waals surface area contributed by atoms with Crippen molar-refractivity contribution < 1.29 is 16.8 Å². The van der Waals surface area contributed by atoms with E-state index in [1.807, 2.05) is 13.8 Å². The Bertz CT molecular complexity index is 1360. The number of sulfone groups is 1. The Labute approximate surface area is 187 Å². The summed E-state index contributed by atoms with van der Waals surface area (Å²) in [5, 5.41) is 7.08. The van der Waals surface area contributed by atoms with Crippen molar-refractivity contribution in [2.45, 2.75) is 49.2 Å². The number of aromatic nitrogens is 4. The monoisotopic (exact) mass is 478 g/mol. The first-order valence-corrected chi connectivity index (χ1v) is 13.7. The zero-order valence-corrected chi connectivity index (χ0v) is 19.8. The smallest absolute Gasteiger partial charge is 0.252 e. The number of nitrogens with one attached hydrogen (secondary N) is 1. The number of rotatable bonds is 7. The Morgan fingerprint density at radius 3 is 2.41 bits per heavy atom.